The average Bonchev–Trinajstić information content (AvgIpc) is 2.95. The van der Waals surface area contributed by atoms with E-state index < -0.39 is 0 Å². The fraction of sp³-hybridized carbons (Fsp3) is 0.250. The van der Waals surface area contributed by atoms with Crippen molar-refractivity contribution in [1.29, 1.82) is 0 Å². The van der Waals surface area contributed by atoms with Crippen molar-refractivity contribution in [3.63, 3.8) is 0 Å². The van der Waals surface area contributed by atoms with Crippen molar-refractivity contribution in [3.05, 3.63) is 59.3 Å². The molecule has 0 fully saturated rings. The van der Waals surface area contributed by atoms with Crippen LogP contribution in [0.4, 0.5) is 0 Å². The van der Waals surface area contributed by atoms with Crippen LogP contribution in [0.2, 0.25) is 0 Å². The highest BCUT2D eigenvalue weighted by molar-refractivity contribution is 5.90. The Morgan fingerprint density at radius 1 is 1.12 bits per heavy atom. The van der Waals surface area contributed by atoms with Gasteiger partial charge in [-0.2, -0.15) is 0 Å². The van der Waals surface area contributed by atoms with Crippen LogP contribution in [-0.2, 0) is 17.8 Å². The molecule has 3 aromatic rings. The molecule has 1 aliphatic rings. The van der Waals surface area contributed by atoms with E-state index in [1.54, 1.807) is 0 Å². The van der Waals surface area contributed by atoms with Crippen molar-refractivity contribution in [2.24, 2.45) is 0 Å². The van der Waals surface area contributed by atoms with Crippen molar-refractivity contribution in [2.75, 3.05) is 13.2 Å². The van der Waals surface area contributed by atoms with Crippen LogP contribution in [0.3, 0.4) is 0 Å². The van der Waals surface area contributed by atoms with Crippen LogP contribution in [-0.4, -0.2) is 24.1 Å². The average molecular weight is 336 g/mol. The second kappa shape index (κ2) is 6.51. The predicted octanol–water partition coefficient (Wildman–Crippen LogP) is 3.11. The Labute approximate surface area is 146 Å². The topological polar surface area (TPSA) is 63.4 Å². The lowest BCUT2D eigenvalue weighted by Gasteiger charge is -2.19. The van der Waals surface area contributed by atoms with E-state index in [0.717, 1.165) is 39.2 Å². The minimum Gasteiger partial charge on any atom is -0.486 e. The third-order valence-electron chi connectivity index (χ3n) is 4.46. The van der Waals surface area contributed by atoms with Gasteiger partial charge < -0.3 is 19.8 Å². The number of fused-ring (bicyclic) bond motifs is 2. The van der Waals surface area contributed by atoms with Crippen LogP contribution in [0.15, 0.2) is 42.5 Å². The smallest absolute Gasteiger partial charge is 0.224 e. The number of amides is 1. The predicted molar refractivity (Wildman–Crippen MR) is 96.0 cm³/mol. The molecule has 5 heteroatoms. The maximum atomic E-state index is 12.4. The third kappa shape index (κ3) is 3.18. The normalized spacial score (nSPS) is 13.0. The van der Waals surface area contributed by atoms with Crippen molar-refractivity contribution in [1.82, 2.24) is 10.3 Å². The molecule has 0 aliphatic carbocycles. The lowest BCUT2D eigenvalue weighted by molar-refractivity contribution is -0.120. The first-order valence-electron chi connectivity index (χ1n) is 8.42. The van der Waals surface area contributed by atoms with Gasteiger partial charge in [-0.25, -0.2) is 0 Å². The van der Waals surface area contributed by atoms with E-state index in [4.69, 9.17) is 9.47 Å². The number of hydrogen-bond acceptors (Lipinski definition) is 3. The molecule has 5 nitrogen and oxygen atoms in total. The van der Waals surface area contributed by atoms with Gasteiger partial charge >= 0.3 is 0 Å². The summed E-state index contributed by atoms with van der Waals surface area (Å²) in [5.41, 5.74) is 4.15. The molecule has 1 aromatic heterocycles. The van der Waals surface area contributed by atoms with Gasteiger partial charge in [0, 0.05) is 23.1 Å². The molecule has 0 spiro atoms. The Balaban J connectivity index is 1.43. The van der Waals surface area contributed by atoms with Crippen molar-refractivity contribution >= 4 is 16.8 Å². The van der Waals surface area contributed by atoms with Gasteiger partial charge in [0.25, 0.3) is 0 Å². The Bertz CT molecular complexity index is 930. The van der Waals surface area contributed by atoms with Crippen LogP contribution < -0.4 is 14.8 Å². The summed E-state index contributed by atoms with van der Waals surface area (Å²) in [7, 11) is 0. The Hall–Kier alpha value is -2.95. The zero-order valence-corrected chi connectivity index (χ0v) is 14.1. The fourth-order valence-corrected chi connectivity index (χ4v) is 3.18. The summed E-state index contributed by atoms with van der Waals surface area (Å²) in [4.78, 5) is 15.7. The zero-order chi connectivity index (χ0) is 17.2. The molecule has 2 aromatic carbocycles. The molecule has 0 atom stereocenters. The first-order chi connectivity index (χ1) is 12.2. The number of para-hydroxylation sites is 1. The quantitative estimate of drug-likeness (QED) is 0.769. The van der Waals surface area contributed by atoms with Gasteiger partial charge in [0.2, 0.25) is 5.91 Å². The van der Waals surface area contributed by atoms with E-state index in [2.05, 4.69) is 10.3 Å². The standard InChI is InChI=1S/C20H20N2O3/c1-13-16(15-4-2-3-5-17(15)22-13)11-20(23)21-12-14-6-7-18-19(10-14)25-9-8-24-18/h2-7,10,22H,8-9,11-12H2,1H3,(H,21,23). The van der Waals surface area contributed by atoms with Gasteiger partial charge in [-0.05, 0) is 36.2 Å². The monoisotopic (exact) mass is 336 g/mol. The number of benzene rings is 2. The molecule has 0 saturated carbocycles. The Morgan fingerprint density at radius 2 is 1.92 bits per heavy atom. The van der Waals surface area contributed by atoms with Gasteiger partial charge in [-0.3, -0.25) is 4.79 Å². The first kappa shape index (κ1) is 15.6. The van der Waals surface area contributed by atoms with E-state index >= 15 is 0 Å². The molecule has 0 bridgehead atoms. The molecule has 4 rings (SSSR count). The van der Waals surface area contributed by atoms with Crippen molar-refractivity contribution < 1.29 is 14.3 Å². The molecule has 0 radical (unpaired) electrons. The molecule has 0 saturated heterocycles. The molecule has 2 heterocycles. The van der Waals surface area contributed by atoms with Crippen molar-refractivity contribution in [2.45, 2.75) is 19.9 Å². The lowest BCUT2D eigenvalue weighted by Crippen LogP contribution is -2.25. The summed E-state index contributed by atoms with van der Waals surface area (Å²) < 4.78 is 11.1. The van der Waals surface area contributed by atoms with E-state index in [9.17, 15) is 4.79 Å². The summed E-state index contributed by atoms with van der Waals surface area (Å²) in [6, 6.07) is 13.8. The number of aromatic nitrogens is 1. The summed E-state index contributed by atoms with van der Waals surface area (Å²) in [5, 5.41) is 4.09. The number of rotatable bonds is 4. The Morgan fingerprint density at radius 3 is 2.80 bits per heavy atom. The van der Waals surface area contributed by atoms with Gasteiger partial charge in [-0.15, -0.1) is 0 Å². The maximum absolute atomic E-state index is 12.4. The summed E-state index contributed by atoms with van der Waals surface area (Å²) >= 11 is 0. The molecule has 25 heavy (non-hydrogen) atoms. The summed E-state index contributed by atoms with van der Waals surface area (Å²) in [5.74, 6) is 1.50. The number of aryl methyl sites for hydroxylation is 1. The summed E-state index contributed by atoms with van der Waals surface area (Å²) in [6.07, 6.45) is 0.362. The molecule has 1 aliphatic heterocycles. The summed E-state index contributed by atoms with van der Waals surface area (Å²) in [6.45, 7) is 3.61. The van der Waals surface area contributed by atoms with Crippen LogP contribution in [0, 0.1) is 6.92 Å². The van der Waals surface area contributed by atoms with E-state index in [0.29, 0.717) is 26.2 Å². The number of nitrogens with one attached hydrogen (secondary N) is 2. The van der Waals surface area contributed by atoms with Gasteiger partial charge in [0.1, 0.15) is 13.2 Å². The molecule has 1 amide bonds. The Kier molecular flexibility index (Phi) is 4.06. The minimum atomic E-state index is 0.00254. The maximum Gasteiger partial charge on any atom is 0.224 e. The first-order valence-corrected chi connectivity index (χ1v) is 8.42. The molecule has 2 N–H and O–H groups in total. The third-order valence-corrected chi connectivity index (χ3v) is 4.46. The van der Waals surface area contributed by atoms with E-state index in [-0.39, 0.29) is 5.91 Å². The number of carbonyl (C=O) groups is 1. The highest BCUT2D eigenvalue weighted by atomic mass is 16.6. The minimum absolute atomic E-state index is 0.00254. The second-order valence-electron chi connectivity index (χ2n) is 6.21. The van der Waals surface area contributed by atoms with Crippen LogP contribution in [0.1, 0.15) is 16.8 Å². The van der Waals surface area contributed by atoms with E-state index in [1.165, 1.54) is 0 Å². The highest BCUT2D eigenvalue weighted by Crippen LogP contribution is 2.30. The molecule has 128 valence electrons. The van der Waals surface area contributed by atoms with Gasteiger partial charge in [0.15, 0.2) is 11.5 Å². The van der Waals surface area contributed by atoms with Crippen LogP contribution >= 0.6 is 0 Å². The number of ether oxygens (including phenoxy) is 2. The number of hydrogen-bond donors (Lipinski definition) is 2. The number of aromatic amines is 1. The van der Waals surface area contributed by atoms with E-state index in [1.807, 2.05) is 49.4 Å². The highest BCUT2D eigenvalue weighted by Gasteiger charge is 2.14. The van der Waals surface area contributed by atoms with Gasteiger partial charge in [0.05, 0.1) is 6.42 Å². The van der Waals surface area contributed by atoms with Gasteiger partial charge in [-0.1, -0.05) is 24.3 Å². The van der Waals surface area contributed by atoms with Crippen molar-refractivity contribution in [3.8, 4) is 11.5 Å². The molecular weight excluding hydrogens is 316 g/mol. The second-order valence-corrected chi connectivity index (χ2v) is 6.21. The molecular formula is C20H20N2O3. The lowest BCUT2D eigenvalue weighted by atomic mass is 10.1. The van der Waals surface area contributed by atoms with Crippen LogP contribution in [0.25, 0.3) is 10.9 Å². The SMILES string of the molecule is Cc1[nH]c2ccccc2c1CC(=O)NCc1ccc2c(c1)OCCO2. The number of H-pyrrole nitrogens is 1. The fourth-order valence-electron chi connectivity index (χ4n) is 3.18. The largest absolute Gasteiger partial charge is 0.486 e. The molecule has 0 unspecified atom stereocenters. The van der Waals surface area contributed by atoms with Crippen LogP contribution in [0.5, 0.6) is 11.5 Å². The number of carbonyl (C=O) groups excluding carboxylic acids is 1. The zero-order valence-electron chi connectivity index (χ0n) is 14.1.